The fourth-order valence-corrected chi connectivity index (χ4v) is 6.69. The molecule has 1 aliphatic rings. The van der Waals surface area contributed by atoms with Crippen molar-refractivity contribution in [2.45, 2.75) is 4.71 Å². The van der Waals surface area contributed by atoms with Crippen molar-refractivity contribution in [2.75, 3.05) is 43.7 Å². The van der Waals surface area contributed by atoms with Crippen LogP contribution < -0.4 is 15.0 Å². The highest BCUT2D eigenvalue weighted by atomic mass is 32.2. The molecule has 8 heteroatoms. The summed E-state index contributed by atoms with van der Waals surface area (Å²) in [5.41, 5.74) is 3.68. The van der Waals surface area contributed by atoms with Crippen molar-refractivity contribution in [1.29, 1.82) is 0 Å². The van der Waals surface area contributed by atoms with E-state index in [0.717, 1.165) is 57.5 Å². The number of hydrogen-bond acceptors (Lipinski definition) is 8. The molecule has 1 aliphatic heterocycles. The molecule has 2 aromatic heterocycles. The van der Waals surface area contributed by atoms with Crippen LogP contribution in [0.15, 0.2) is 65.3 Å². The Morgan fingerprint density at radius 2 is 1.79 bits per heavy atom. The van der Waals surface area contributed by atoms with E-state index in [1.807, 2.05) is 73.0 Å². The van der Waals surface area contributed by atoms with Crippen molar-refractivity contribution in [3.05, 3.63) is 60.9 Å². The van der Waals surface area contributed by atoms with Crippen molar-refractivity contribution in [3.8, 4) is 28.2 Å². The lowest BCUT2D eigenvalue weighted by atomic mass is 9.99. The first-order valence-electron chi connectivity index (χ1n) is 10.9. The van der Waals surface area contributed by atoms with Crippen molar-refractivity contribution in [3.63, 3.8) is 0 Å². The summed E-state index contributed by atoms with van der Waals surface area (Å²) < 4.78 is 12.5. The first-order chi connectivity index (χ1) is 16.3. The second-order valence-electron chi connectivity index (χ2n) is 7.69. The summed E-state index contributed by atoms with van der Waals surface area (Å²) >= 11 is 3.90. The van der Waals surface area contributed by atoms with E-state index in [4.69, 9.17) is 14.1 Å². The van der Waals surface area contributed by atoms with Gasteiger partial charge >= 0.3 is 0 Å². The summed E-state index contributed by atoms with van der Waals surface area (Å²) in [6.45, 7) is 1.42. The van der Waals surface area contributed by atoms with Gasteiger partial charge in [-0.25, -0.2) is 9.97 Å². The number of nitrogens with zero attached hydrogens (tertiary/aromatic N) is 3. The molecule has 2 aromatic carbocycles. The van der Waals surface area contributed by atoms with E-state index in [-0.39, 0.29) is 0 Å². The predicted octanol–water partition coefficient (Wildman–Crippen LogP) is 5.35. The van der Waals surface area contributed by atoms with Gasteiger partial charge in [-0.3, -0.25) is 0 Å². The SMILES string of the molecule is CNCCOc1ccc(-c2oc3ncnc(N(C)C4SCCS4)c3c2-c2ccccc2)cc1. The van der Waals surface area contributed by atoms with Gasteiger partial charge in [0.15, 0.2) is 0 Å². The molecule has 4 aromatic rings. The van der Waals surface area contributed by atoms with Gasteiger partial charge in [0.2, 0.25) is 5.71 Å². The summed E-state index contributed by atoms with van der Waals surface area (Å²) in [7, 11) is 4.02. The van der Waals surface area contributed by atoms with Crippen LogP contribution in [-0.4, -0.2) is 53.4 Å². The van der Waals surface area contributed by atoms with Gasteiger partial charge in [0.05, 0.1) is 5.39 Å². The van der Waals surface area contributed by atoms with Crippen LogP contribution in [-0.2, 0) is 0 Å². The molecule has 1 fully saturated rings. The molecule has 0 unspecified atom stereocenters. The van der Waals surface area contributed by atoms with E-state index in [1.54, 1.807) is 6.33 Å². The van der Waals surface area contributed by atoms with Crippen LogP contribution in [0.4, 0.5) is 5.82 Å². The number of thioether (sulfide) groups is 2. The molecule has 33 heavy (non-hydrogen) atoms. The summed E-state index contributed by atoms with van der Waals surface area (Å²) in [5, 5.41) is 4.04. The molecule has 170 valence electrons. The van der Waals surface area contributed by atoms with Gasteiger partial charge in [-0.1, -0.05) is 30.3 Å². The first kappa shape index (κ1) is 22.1. The van der Waals surface area contributed by atoms with Crippen LogP contribution in [0.1, 0.15) is 0 Å². The molecule has 1 saturated heterocycles. The third-order valence-electron chi connectivity index (χ3n) is 5.52. The highest BCUT2D eigenvalue weighted by Crippen LogP contribution is 2.45. The van der Waals surface area contributed by atoms with Crippen LogP contribution in [0, 0.1) is 0 Å². The Hall–Kier alpha value is -2.68. The van der Waals surface area contributed by atoms with Crippen LogP contribution in [0.25, 0.3) is 33.6 Å². The third kappa shape index (κ3) is 4.55. The minimum atomic E-state index is 0.333. The molecular weight excluding hydrogens is 452 g/mol. The summed E-state index contributed by atoms with van der Waals surface area (Å²) in [4.78, 5) is 11.5. The van der Waals surface area contributed by atoms with Gasteiger partial charge in [-0.2, -0.15) is 0 Å². The molecule has 5 rings (SSSR count). The zero-order chi connectivity index (χ0) is 22.6. The number of rotatable bonds is 8. The first-order valence-corrected chi connectivity index (χ1v) is 13.0. The van der Waals surface area contributed by atoms with Crippen LogP contribution in [0.3, 0.4) is 0 Å². The van der Waals surface area contributed by atoms with Gasteiger partial charge in [0.1, 0.15) is 35.0 Å². The number of nitrogens with one attached hydrogen (secondary N) is 1. The smallest absolute Gasteiger partial charge is 0.232 e. The van der Waals surface area contributed by atoms with Crippen molar-refractivity contribution in [1.82, 2.24) is 15.3 Å². The normalized spacial score (nSPS) is 14.1. The largest absolute Gasteiger partial charge is 0.492 e. The average Bonchev–Trinajstić information content (AvgIpc) is 3.53. The molecule has 0 atom stereocenters. The lowest BCUT2D eigenvalue weighted by molar-refractivity contribution is 0.318. The molecule has 3 heterocycles. The zero-order valence-electron chi connectivity index (χ0n) is 18.7. The molecular formula is C25H26N4O2S2. The zero-order valence-corrected chi connectivity index (χ0v) is 20.3. The lowest BCUT2D eigenvalue weighted by Gasteiger charge is -2.24. The van der Waals surface area contributed by atoms with Gasteiger partial charge in [-0.05, 0) is 36.9 Å². The number of anilines is 1. The maximum Gasteiger partial charge on any atom is 0.232 e. The summed E-state index contributed by atoms with van der Waals surface area (Å²) in [6, 6.07) is 18.4. The van der Waals surface area contributed by atoms with E-state index in [9.17, 15) is 0 Å². The minimum absolute atomic E-state index is 0.333. The molecule has 0 amide bonds. The van der Waals surface area contributed by atoms with Gasteiger partial charge < -0.3 is 19.4 Å². The number of benzene rings is 2. The van der Waals surface area contributed by atoms with Crippen molar-refractivity contribution in [2.24, 2.45) is 0 Å². The average molecular weight is 479 g/mol. The Bertz CT molecular complexity index is 1210. The van der Waals surface area contributed by atoms with Crippen molar-refractivity contribution >= 4 is 40.4 Å². The Morgan fingerprint density at radius 1 is 1.03 bits per heavy atom. The molecule has 0 spiro atoms. The monoisotopic (exact) mass is 478 g/mol. The standard InChI is InChI=1S/C25H26N4O2S2/c1-26-12-13-30-19-10-8-18(9-11-19)22-20(17-6-4-3-5-7-17)21-23(27-16-28-24(21)31-22)29(2)25-32-14-15-33-25/h3-11,16,25-26H,12-15H2,1-2H3. The van der Waals surface area contributed by atoms with Crippen LogP contribution in [0.5, 0.6) is 5.75 Å². The number of likely N-dealkylation sites (N-methyl/N-ethyl adjacent to an activating group) is 1. The number of ether oxygens (including phenoxy) is 1. The molecule has 0 radical (unpaired) electrons. The Balaban J connectivity index is 1.62. The summed E-state index contributed by atoms with van der Waals surface area (Å²) in [5.74, 6) is 4.83. The predicted molar refractivity (Wildman–Crippen MR) is 139 cm³/mol. The van der Waals surface area contributed by atoms with Crippen LogP contribution in [0.2, 0.25) is 0 Å². The summed E-state index contributed by atoms with van der Waals surface area (Å²) in [6.07, 6.45) is 1.60. The Kier molecular flexibility index (Phi) is 6.75. The quantitative estimate of drug-likeness (QED) is 0.340. The second kappa shape index (κ2) is 10.1. The molecule has 1 N–H and O–H groups in total. The number of hydrogen-bond donors (Lipinski definition) is 1. The fraction of sp³-hybridized carbons (Fsp3) is 0.280. The highest BCUT2D eigenvalue weighted by Gasteiger charge is 2.28. The Morgan fingerprint density at radius 3 is 2.52 bits per heavy atom. The lowest BCUT2D eigenvalue weighted by Crippen LogP contribution is -2.25. The molecule has 0 aliphatic carbocycles. The van der Waals surface area contributed by atoms with E-state index >= 15 is 0 Å². The number of fused-ring (bicyclic) bond motifs is 1. The Labute approximate surface area is 202 Å². The van der Waals surface area contributed by atoms with Crippen molar-refractivity contribution < 1.29 is 9.15 Å². The third-order valence-corrected chi connectivity index (χ3v) is 8.68. The number of aromatic nitrogens is 2. The van der Waals surface area contributed by atoms with Gasteiger partial charge in [-0.15, -0.1) is 23.5 Å². The van der Waals surface area contributed by atoms with Gasteiger partial charge in [0, 0.05) is 36.2 Å². The highest BCUT2D eigenvalue weighted by molar-refractivity contribution is 8.20. The molecule has 0 bridgehead atoms. The number of furan rings is 1. The van der Waals surface area contributed by atoms with Crippen LogP contribution >= 0.6 is 23.5 Å². The van der Waals surface area contributed by atoms with E-state index in [0.29, 0.717) is 17.0 Å². The maximum atomic E-state index is 6.39. The fourth-order valence-electron chi connectivity index (χ4n) is 3.91. The minimum Gasteiger partial charge on any atom is -0.492 e. The molecule has 6 nitrogen and oxygen atoms in total. The van der Waals surface area contributed by atoms with E-state index in [2.05, 4.69) is 34.4 Å². The molecule has 0 saturated carbocycles. The topological polar surface area (TPSA) is 63.4 Å². The van der Waals surface area contributed by atoms with E-state index < -0.39 is 0 Å². The maximum absolute atomic E-state index is 6.39. The van der Waals surface area contributed by atoms with Gasteiger partial charge in [0.25, 0.3) is 0 Å². The second-order valence-corrected chi connectivity index (χ2v) is 10.4. The van der Waals surface area contributed by atoms with E-state index in [1.165, 1.54) is 0 Å².